The highest BCUT2D eigenvalue weighted by Gasteiger charge is 2.31. The van der Waals surface area contributed by atoms with Crippen LogP contribution in [0.2, 0.25) is 0 Å². The van der Waals surface area contributed by atoms with E-state index in [0.717, 1.165) is 45.2 Å². The van der Waals surface area contributed by atoms with Crippen molar-refractivity contribution < 1.29 is 4.79 Å². The second-order valence-electron chi connectivity index (χ2n) is 6.77. The third-order valence-electron chi connectivity index (χ3n) is 5.21. The van der Waals surface area contributed by atoms with Crippen molar-refractivity contribution in [3.8, 4) is 0 Å². The second kappa shape index (κ2) is 9.95. The summed E-state index contributed by atoms with van der Waals surface area (Å²) in [6.45, 7) is 3.89. The van der Waals surface area contributed by atoms with E-state index in [1.807, 2.05) is 0 Å². The molecule has 24 heavy (non-hydrogen) atoms. The number of aryl methyl sites for hydroxylation is 1. The minimum atomic E-state index is 0. The zero-order valence-electron chi connectivity index (χ0n) is 14.3. The first-order valence-electron chi connectivity index (χ1n) is 8.65. The van der Waals surface area contributed by atoms with Crippen LogP contribution in [0, 0.1) is 5.92 Å². The first kappa shape index (κ1) is 21.7. The Morgan fingerprint density at radius 3 is 2.75 bits per heavy atom. The van der Waals surface area contributed by atoms with Gasteiger partial charge in [-0.3, -0.25) is 4.79 Å². The Morgan fingerprint density at radius 1 is 1.33 bits per heavy atom. The highest BCUT2D eigenvalue weighted by atomic mass is 35.5. The predicted octanol–water partition coefficient (Wildman–Crippen LogP) is 3.77. The second-order valence-corrected chi connectivity index (χ2v) is 7.66. The van der Waals surface area contributed by atoms with Crippen LogP contribution in [0.1, 0.15) is 62.1 Å². The van der Waals surface area contributed by atoms with Gasteiger partial charge in [0.25, 0.3) is 0 Å². The summed E-state index contributed by atoms with van der Waals surface area (Å²) in [6.07, 6.45) is 7.27. The molecule has 1 aromatic heterocycles. The third-order valence-corrected chi connectivity index (χ3v) is 6.27. The lowest BCUT2D eigenvalue weighted by Crippen LogP contribution is -2.41. The largest absolute Gasteiger partial charge is 0.342 e. The number of nitrogens with two attached hydrogens (primary N) is 1. The van der Waals surface area contributed by atoms with E-state index in [1.165, 1.54) is 17.1 Å². The number of nitrogens with zero attached hydrogens (tertiary/aromatic N) is 2. The Hall–Kier alpha value is -0.360. The number of carbonyl (C=O) groups excluding carboxylic acids is 1. The Morgan fingerprint density at radius 2 is 2.12 bits per heavy atom. The van der Waals surface area contributed by atoms with Gasteiger partial charge in [-0.15, -0.1) is 36.2 Å². The highest BCUT2D eigenvalue weighted by molar-refractivity contribution is 7.09. The van der Waals surface area contributed by atoms with E-state index in [2.05, 4.69) is 17.2 Å². The van der Waals surface area contributed by atoms with Gasteiger partial charge in [0.05, 0.1) is 10.7 Å². The average Bonchev–Trinajstić information content (AvgIpc) is 3.17. The molecule has 0 aromatic carbocycles. The van der Waals surface area contributed by atoms with Crippen molar-refractivity contribution in [3.05, 3.63) is 16.1 Å². The summed E-state index contributed by atoms with van der Waals surface area (Å²) >= 11 is 1.76. The van der Waals surface area contributed by atoms with Crippen LogP contribution in [0.5, 0.6) is 0 Å². The Kier molecular flexibility index (Phi) is 8.99. The van der Waals surface area contributed by atoms with Crippen LogP contribution in [-0.4, -0.2) is 34.9 Å². The maximum Gasteiger partial charge on any atom is 0.222 e. The number of likely N-dealkylation sites (tertiary alicyclic amines) is 1. The lowest BCUT2D eigenvalue weighted by atomic mass is 9.95. The van der Waals surface area contributed by atoms with Gasteiger partial charge in [-0.25, -0.2) is 4.98 Å². The van der Waals surface area contributed by atoms with E-state index in [-0.39, 0.29) is 30.9 Å². The minimum absolute atomic E-state index is 0. The van der Waals surface area contributed by atoms with Gasteiger partial charge in [-0.1, -0.05) is 13.3 Å². The molecule has 2 N–H and O–H groups in total. The molecule has 138 valence electrons. The van der Waals surface area contributed by atoms with Gasteiger partial charge in [0.15, 0.2) is 0 Å². The normalized spacial score (nSPS) is 26.6. The Labute approximate surface area is 161 Å². The van der Waals surface area contributed by atoms with Gasteiger partial charge >= 0.3 is 0 Å². The fourth-order valence-corrected chi connectivity index (χ4v) is 4.78. The molecule has 0 bridgehead atoms. The summed E-state index contributed by atoms with van der Waals surface area (Å²) in [6, 6.07) is 0.232. The summed E-state index contributed by atoms with van der Waals surface area (Å²) in [7, 11) is 0. The molecule has 1 aliphatic carbocycles. The Bertz CT molecular complexity index is 526. The summed E-state index contributed by atoms with van der Waals surface area (Å²) in [5.41, 5.74) is 7.30. The fraction of sp³-hybridized carbons (Fsp3) is 0.765. The zero-order valence-corrected chi connectivity index (χ0v) is 16.7. The monoisotopic (exact) mass is 393 g/mol. The van der Waals surface area contributed by atoms with Gasteiger partial charge in [-0.05, 0) is 38.0 Å². The highest BCUT2D eigenvalue weighted by Crippen LogP contribution is 2.31. The van der Waals surface area contributed by atoms with Crippen LogP contribution in [0.25, 0.3) is 0 Å². The molecular weight excluding hydrogens is 365 g/mol. The number of amides is 1. The number of carbonyl (C=O) groups is 1. The van der Waals surface area contributed by atoms with Crippen molar-refractivity contribution in [2.24, 2.45) is 11.7 Å². The number of piperidine rings is 1. The van der Waals surface area contributed by atoms with Crippen molar-refractivity contribution in [1.82, 2.24) is 9.88 Å². The quantitative estimate of drug-likeness (QED) is 0.846. The first-order chi connectivity index (χ1) is 10.7. The summed E-state index contributed by atoms with van der Waals surface area (Å²) in [4.78, 5) is 19.4. The molecule has 4 nitrogen and oxygen atoms in total. The van der Waals surface area contributed by atoms with Crippen LogP contribution in [0.3, 0.4) is 0 Å². The molecule has 3 rings (SSSR count). The van der Waals surface area contributed by atoms with Crippen LogP contribution in [0.4, 0.5) is 0 Å². The van der Waals surface area contributed by atoms with Crippen molar-refractivity contribution >= 4 is 42.1 Å². The number of hydrogen-bond acceptors (Lipinski definition) is 4. The molecule has 2 fully saturated rings. The standard InChI is InChI=1S/C17H27N3OS.2ClH/c1-2-14-11-22-17(19-14)13-6-4-8-20(10-13)16(21)9-12-5-3-7-15(12)18;;/h11-13,15H,2-10,18H2,1H3;2*1H/t12-,13?,15+;;/m0../s1. The average molecular weight is 394 g/mol. The maximum atomic E-state index is 12.6. The molecular formula is C17H29Cl2N3OS. The van der Waals surface area contributed by atoms with E-state index in [1.54, 1.807) is 11.3 Å². The molecule has 1 saturated heterocycles. The van der Waals surface area contributed by atoms with Crippen LogP contribution in [-0.2, 0) is 11.2 Å². The Balaban J connectivity index is 0.00000144. The van der Waals surface area contributed by atoms with Gasteiger partial charge in [0.1, 0.15) is 0 Å². The summed E-state index contributed by atoms with van der Waals surface area (Å²) in [5, 5.41) is 3.38. The number of hydrogen-bond donors (Lipinski definition) is 1. The van der Waals surface area contributed by atoms with Crippen LogP contribution >= 0.6 is 36.2 Å². The van der Waals surface area contributed by atoms with Crippen LogP contribution in [0.15, 0.2) is 5.38 Å². The van der Waals surface area contributed by atoms with Crippen molar-refractivity contribution in [3.63, 3.8) is 0 Å². The third kappa shape index (κ3) is 5.07. The first-order valence-corrected chi connectivity index (χ1v) is 9.53. The van der Waals surface area contributed by atoms with Gasteiger partial charge in [-0.2, -0.15) is 0 Å². The minimum Gasteiger partial charge on any atom is -0.342 e. The van der Waals surface area contributed by atoms with Crippen molar-refractivity contribution in [2.45, 2.75) is 63.8 Å². The predicted molar refractivity (Wildman–Crippen MR) is 104 cm³/mol. The summed E-state index contributed by atoms with van der Waals surface area (Å²) in [5.74, 6) is 1.14. The topological polar surface area (TPSA) is 59.2 Å². The van der Waals surface area contributed by atoms with Crippen LogP contribution < -0.4 is 5.73 Å². The van der Waals surface area contributed by atoms with Gasteiger partial charge in [0, 0.05) is 36.9 Å². The maximum absolute atomic E-state index is 12.6. The van der Waals surface area contributed by atoms with Gasteiger partial charge in [0.2, 0.25) is 5.91 Å². The molecule has 2 aliphatic rings. The molecule has 3 atom stereocenters. The summed E-state index contributed by atoms with van der Waals surface area (Å²) < 4.78 is 0. The molecule has 1 saturated carbocycles. The van der Waals surface area contributed by atoms with E-state index < -0.39 is 0 Å². The molecule has 1 aliphatic heterocycles. The van der Waals surface area contributed by atoms with Gasteiger partial charge < -0.3 is 10.6 Å². The number of thiazole rings is 1. The van der Waals surface area contributed by atoms with Crippen molar-refractivity contribution in [1.29, 1.82) is 0 Å². The zero-order chi connectivity index (χ0) is 15.5. The number of halogens is 2. The molecule has 0 spiro atoms. The lowest BCUT2D eigenvalue weighted by molar-refractivity contribution is -0.133. The molecule has 1 amide bonds. The molecule has 0 radical (unpaired) electrons. The van der Waals surface area contributed by atoms with E-state index >= 15 is 0 Å². The smallest absolute Gasteiger partial charge is 0.222 e. The lowest BCUT2D eigenvalue weighted by Gasteiger charge is -2.33. The molecule has 1 aromatic rings. The van der Waals surface area contributed by atoms with E-state index in [0.29, 0.717) is 24.2 Å². The van der Waals surface area contributed by atoms with E-state index in [4.69, 9.17) is 10.7 Å². The number of rotatable bonds is 4. The molecule has 7 heteroatoms. The fourth-order valence-electron chi connectivity index (χ4n) is 3.75. The SMILES string of the molecule is CCc1csc(C2CCCN(C(=O)C[C@@H]3CCC[C@H]3N)C2)n1.Cl.Cl. The molecule has 2 heterocycles. The number of aromatic nitrogens is 1. The van der Waals surface area contributed by atoms with E-state index in [9.17, 15) is 4.79 Å². The molecule has 1 unspecified atom stereocenters. The van der Waals surface area contributed by atoms with Crippen molar-refractivity contribution in [2.75, 3.05) is 13.1 Å².